The maximum Gasteiger partial charge on any atom is 0.303 e. The van der Waals surface area contributed by atoms with Crippen molar-refractivity contribution in [3.63, 3.8) is 0 Å². The van der Waals surface area contributed by atoms with Gasteiger partial charge in [0.2, 0.25) is 5.91 Å². The van der Waals surface area contributed by atoms with E-state index in [0.717, 1.165) is 18.2 Å². The minimum atomic E-state index is -1.16. The van der Waals surface area contributed by atoms with E-state index in [4.69, 9.17) is 4.74 Å². The molecule has 2 heterocycles. The van der Waals surface area contributed by atoms with Crippen LogP contribution in [-0.2, 0) is 15.1 Å². The maximum absolute atomic E-state index is 14.4. The molecule has 1 N–H and O–H groups in total. The molecule has 4 rings (SSSR count). The van der Waals surface area contributed by atoms with E-state index < -0.39 is 35.0 Å². The molecule has 150 valence electrons. The zero-order valence-electron chi connectivity index (χ0n) is 15.6. The first-order chi connectivity index (χ1) is 13.8. The summed E-state index contributed by atoms with van der Waals surface area (Å²) in [5.74, 6) is -2.89. The molecule has 2 aliphatic heterocycles. The van der Waals surface area contributed by atoms with E-state index in [1.165, 1.54) is 11.9 Å². The van der Waals surface area contributed by atoms with Gasteiger partial charge in [0.1, 0.15) is 22.9 Å². The van der Waals surface area contributed by atoms with Gasteiger partial charge in [0.25, 0.3) is 0 Å². The Morgan fingerprint density at radius 1 is 1.28 bits per heavy atom. The molecule has 1 spiro atoms. The summed E-state index contributed by atoms with van der Waals surface area (Å²) >= 11 is 0. The highest BCUT2D eigenvalue weighted by Gasteiger charge is 2.56. The lowest BCUT2D eigenvalue weighted by Crippen LogP contribution is -2.53. The van der Waals surface area contributed by atoms with E-state index in [0.29, 0.717) is 11.3 Å². The summed E-state index contributed by atoms with van der Waals surface area (Å²) in [6.45, 7) is 1.37. The number of amides is 1. The number of ether oxygens (including phenoxy) is 1. The molecule has 8 heteroatoms. The van der Waals surface area contributed by atoms with Crippen LogP contribution in [0.15, 0.2) is 47.6 Å². The largest absolute Gasteiger partial charge is 0.493 e. The zero-order chi connectivity index (χ0) is 20.8. The molecule has 0 radical (unpaired) electrons. The third kappa shape index (κ3) is 3.04. The normalized spacial score (nSPS) is 22.8. The molecule has 1 amide bonds. The average molecular weight is 400 g/mol. The Morgan fingerprint density at radius 3 is 2.76 bits per heavy atom. The number of hydrogen-bond acceptors (Lipinski definition) is 4. The summed E-state index contributed by atoms with van der Waals surface area (Å²) in [5.41, 5.74) is -0.425. The van der Waals surface area contributed by atoms with E-state index in [2.05, 4.69) is 5.10 Å². The summed E-state index contributed by atoms with van der Waals surface area (Å²) in [4.78, 5) is 24.1. The molecule has 2 atom stereocenters. The van der Waals surface area contributed by atoms with Gasteiger partial charge < -0.3 is 9.84 Å². The van der Waals surface area contributed by atoms with Crippen molar-refractivity contribution in [2.24, 2.45) is 11.0 Å². The van der Waals surface area contributed by atoms with Gasteiger partial charge in [-0.15, -0.1) is 0 Å². The van der Waals surface area contributed by atoms with Crippen LogP contribution in [0, 0.1) is 17.6 Å². The van der Waals surface area contributed by atoms with Gasteiger partial charge in [-0.25, -0.2) is 13.8 Å². The molecule has 0 aromatic heterocycles. The van der Waals surface area contributed by atoms with E-state index >= 15 is 0 Å². The highest BCUT2D eigenvalue weighted by molar-refractivity contribution is 6.04. The molecule has 0 saturated heterocycles. The number of halogens is 2. The highest BCUT2D eigenvalue weighted by Crippen LogP contribution is 2.51. The summed E-state index contributed by atoms with van der Waals surface area (Å²) < 4.78 is 34.0. The Balaban J connectivity index is 1.90. The van der Waals surface area contributed by atoms with Gasteiger partial charge in [-0.2, -0.15) is 5.10 Å². The predicted octanol–water partition coefficient (Wildman–Crippen LogP) is 3.30. The SMILES string of the molecule is CC(=O)N1N=C(c2cc(F)ccc2F)CC12c1ccccc1OCC2CC(=O)O. The number of hydrazone groups is 1. The van der Waals surface area contributed by atoms with Gasteiger partial charge in [0.05, 0.1) is 18.7 Å². The second kappa shape index (κ2) is 6.95. The topological polar surface area (TPSA) is 79.2 Å². The van der Waals surface area contributed by atoms with Crippen LogP contribution in [0.5, 0.6) is 5.75 Å². The van der Waals surface area contributed by atoms with E-state index in [1.54, 1.807) is 24.3 Å². The number of aliphatic carboxylic acids is 1. The number of carboxylic acid groups (broad SMARTS) is 1. The first-order valence-corrected chi connectivity index (χ1v) is 9.10. The quantitative estimate of drug-likeness (QED) is 0.858. The zero-order valence-corrected chi connectivity index (χ0v) is 15.6. The molecule has 6 nitrogen and oxygen atoms in total. The Labute approximate surface area is 165 Å². The van der Waals surface area contributed by atoms with Crippen LogP contribution in [0.2, 0.25) is 0 Å². The standard InChI is InChI=1S/C21H18F2N2O4/c1-12(26)25-21(10-18(24-25)15-9-14(22)6-7-17(15)23)13(8-20(27)28)11-29-19-5-3-2-4-16(19)21/h2-7,9,13H,8,10-11H2,1H3,(H,27,28). The van der Waals surface area contributed by atoms with Gasteiger partial charge in [-0.1, -0.05) is 18.2 Å². The van der Waals surface area contributed by atoms with Gasteiger partial charge in [-0.3, -0.25) is 9.59 Å². The Morgan fingerprint density at radius 2 is 2.03 bits per heavy atom. The molecular weight excluding hydrogens is 382 g/mol. The predicted molar refractivity (Wildman–Crippen MR) is 99.4 cm³/mol. The van der Waals surface area contributed by atoms with Gasteiger partial charge >= 0.3 is 5.97 Å². The number of carbonyl (C=O) groups is 2. The number of carboxylic acids is 1. The number of benzene rings is 2. The molecule has 29 heavy (non-hydrogen) atoms. The fraction of sp³-hybridized carbons (Fsp3) is 0.286. The van der Waals surface area contributed by atoms with Gasteiger partial charge in [0, 0.05) is 30.4 Å². The first-order valence-electron chi connectivity index (χ1n) is 9.10. The number of rotatable bonds is 3. The summed E-state index contributed by atoms with van der Waals surface area (Å²) in [7, 11) is 0. The minimum Gasteiger partial charge on any atom is -0.493 e. The van der Waals surface area contributed by atoms with Crippen LogP contribution >= 0.6 is 0 Å². The third-order valence-corrected chi connectivity index (χ3v) is 5.46. The van der Waals surface area contributed by atoms with Crippen LogP contribution in [0.25, 0.3) is 0 Å². The van der Waals surface area contributed by atoms with Crippen molar-refractivity contribution in [3.05, 3.63) is 65.2 Å². The molecule has 2 aliphatic rings. The number of hydrogen-bond donors (Lipinski definition) is 1. The molecular formula is C21H18F2N2O4. The summed E-state index contributed by atoms with van der Waals surface area (Å²) in [5, 5.41) is 15.0. The molecule has 0 aliphatic carbocycles. The summed E-state index contributed by atoms with van der Waals surface area (Å²) in [6.07, 6.45) is -0.224. The van der Waals surface area contributed by atoms with Crippen LogP contribution in [-0.4, -0.2) is 34.3 Å². The van der Waals surface area contributed by atoms with Crippen molar-refractivity contribution in [3.8, 4) is 5.75 Å². The minimum absolute atomic E-state index is 0.0469. The fourth-order valence-corrected chi connectivity index (χ4v) is 4.26. The number of nitrogens with zero attached hydrogens (tertiary/aromatic N) is 2. The van der Waals surface area contributed by atoms with E-state index in [9.17, 15) is 23.5 Å². The Bertz CT molecular complexity index is 1040. The lowest BCUT2D eigenvalue weighted by atomic mass is 9.71. The smallest absolute Gasteiger partial charge is 0.303 e. The Hall–Kier alpha value is -3.29. The third-order valence-electron chi connectivity index (χ3n) is 5.46. The first kappa shape index (κ1) is 19.0. The van der Waals surface area contributed by atoms with Crippen molar-refractivity contribution in [1.29, 1.82) is 0 Å². The van der Waals surface area contributed by atoms with Crippen molar-refractivity contribution >= 4 is 17.6 Å². The molecule has 2 unspecified atom stereocenters. The molecule has 2 aromatic rings. The van der Waals surface area contributed by atoms with E-state index in [-0.39, 0.29) is 30.7 Å². The van der Waals surface area contributed by atoms with Crippen LogP contribution in [0.3, 0.4) is 0 Å². The average Bonchev–Trinajstić information content (AvgIpc) is 3.07. The lowest BCUT2D eigenvalue weighted by Gasteiger charge is -2.45. The highest BCUT2D eigenvalue weighted by atomic mass is 19.1. The monoisotopic (exact) mass is 400 g/mol. The molecule has 2 aromatic carbocycles. The fourth-order valence-electron chi connectivity index (χ4n) is 4.26. The van der Waals surface area contributed by atoms with Crippen LogP contribution in [0.4, 0.5) is 8.78 Å². The van der Waals surface area contributed by atoms with Crippen molar-refractivity contribution in [2.45, 2.75) is 25.3 Å². The van der Waals surface area contributed by atoms with Crippen LogP contribution in [0.1, 0.15) is 30.9 Å². The summed E-state index contributed by atoms with van der Waals surface area (Å²) in [6, 6.07) is 10.0. The lowest BCUT2D eigenvalue weighted by molar-refractivity contribution is -0.146. The van der Waals surface area contributed by atoms with Crippen molar-refractivity contribution in [1.82, 2.24) is 5.01 Å². The van der Waals surface area contributed by atoms with Crippen molar-refractivity contribution < 1.29 is 28.2 Å². The van der Waals surface area contributed by atoms with Gasteiger partial charge in [0.15, 0.2) is 0 Å². The number of para-hydroxylation sites is 1. The van der Waals surface area contributed by atoms with E-state index in [1.807, 2.05) is 0 Å². The Kier molecular flexibility index (Phi) is 4.56. The number of carbonyl (C=O) groups excluding carboxylic acids is 1. The second-order valence-corrected chi connectivity index (χ2v) is 7.20. The van der Waals surface area contributed by atoms with Crippen molar-refractivity contribution in [2.75, 3.05) is 6.61 Å². The molecule has 0 bridgehead atoms. The molecule has 0 saturated carbocycles. The molecule has 0 fully saturated rings. The van der Waals surface area contributed by atoms with Gasteiger partial charge in [-0.05, 0) is 24.3 Å². The second-order valence-electron chi connectivity index (χ2n) is 7.20. The van der Waals surface area contributed by atoms with Crippen LogP contribution < -0.4 is 4.74 Å². The number of fused-ring (bicyclic) bond motifs is 2. The maximum atomic E-state index is 14.4.